The lowest BCUT2D eigenvalue weighted by atomic mass is 10.2. The van der Waals surface area contributed by atoms with Crippen LogP contribution >= 0.6 is 24.8 Å². The molecule has 1 atom stereocenters. The number of fused-ring (bicyclic) bond motifs is 1. The van der Waals surface area contributed by atoms with Gasteiger partial charge in [0.1, 0.15) is 6.04 Å². The van der Waals surface area contributed by atoms with Gasteiger partial charge in [-0.25, -0.2) is 4.98 Å². The summed E-state index contributed by atoms with van der Waals surface area (Å²) in [6.07, 6.45) is 2.71. The van der Waals surface area contributed by atoms with E-state index in [1.54, 1.807) is 18.2 Å². The minimum atomic E-state index is -0.909. The second kappa shape index (κ2) is 9.40. The van der Waals surface area contributed by atoms with Crippen molar-refractivity contribution in [2.24, 2.45) is 0 Å². The largest absolute Gasteiger partial charge is 0.480 e. The first-order chi connectivity index (χ1) is 9.63. The van der Waals surface area contributed by atoms with E-state index in [2.05, 4.69) is 10.3 Å². The highest BCUT2D eigenvalue weighted by Gasteiger charge is 2.15. The van der Waals surface area contributed by atoms with E-state index in [4.69, 9.17) is 5.11 Å². The van der Waals surface area contributed by atoms with Crippen molar-refractivity contribution in [1.82, 2.24) is 14.9 Å². The van der Waals surface area contributed by atoms with Gasteiger partial charge in [0.2, 0.25) is 0 Å². The molecule has 1 aromatic carbocycles. The first-order valence-electron chi connectivity index (χ1n) is 6.54. The fourth-order valence-corrected chi connectivity index (χ4v) is 2.03. The van der Waals surface area contributed by atoms with Gasteiger partial charge >= 0.3 is 5.97 Å². The Balaban J connectivity index is 0.00000220. The molecule has 2 aromatic rings. The van der Waals surface area contributed by atoms with E-state index in [9.17, 15) is 9.59 Å². The van der Waals surface area contributed by atoms with Crippen molar-refractivity contribution in [2.75, 3.05) is 0 Å². The van der Waals surface area contributed by atoms with Crippen LogP contribution in [0.2, 0.25) is 0 Å². The first-order valence-corrected chi connectivity index (χ1v) is 6.54. The summed E-state index contributed by atoms with van der Waals surface area (Å²) in [6, 6.07) is 6.42. The number of benzene rings is 1. The number of carboxylic acid groups (broad SMARTS) is 1. The number of nitrogens with one attached hydrogen (secondary N) is 1. The first kappa shape index (κ1) is 20.4. The van der Waals surface area contributed by atoms with Gasteiger partial charge in [-0.3, -0.25) is 19.5 Å². The summed E-state index contributed by atoms with van der Waals surface area (Å²) in [5, 5.41) is 12.5. The summed E-state index contributed by atoms with van der Waals surface area (Å²) in [7, 11) is 0. The monoisotopic (exact) mass is 347 g/mol. The maximum atomic E-state index is 12.2. The summed E-state index contributed by atoms with van der Waals surface area (Å²) in [5.74, 6) is -0.909. The van der Waals surface area contributed by atoms with Crippen molar-refractivity contribution >= 4 is 41.7 Å². The third kappa shape index (κ3) is 4.69. The number of nitrogens with zero attached hydrogens (tertiary/aromatic N) is 2. The normalized spacial score (nSPS) is 11.3. The molecule has 0 aliphatic rings. The maximum absolute atomic E-state index is 12.2. The van der Waals surface area contributed by atoms with Crippen molar-refractivity contribution in [2.45, 2.75) is 32.5 Å². The van der Waals surface area contributed by atoms with Gasteiger partial charge in [0.05, 0.1) is 23.9 Å². The van der Waals surface area contributed by atoms with E-state index in [0.29, 0.717) is 17.3 Å². The van der Waals surface area contributed by atoms with Crippen LogP contribution in [0.1, 0.15) is 19.8 Å². The van der Waals surface area contributed by atoms with E-state index < -0.39 is 12.0 Å². The summed E-state index contributed by atoms with van der Waals surface area (Å²) >= 11 is 0. The fraction of sp³-hybridized carbons (Fsp3) is 0.357. The van der Waals surface area contributed by atoms with Crippen LogP contribution in [0.5, 0.6) is 0 Å². The molecule has 2 rings (SSSR count). The number of carbonyl (C=O) groups is 1. The van der Waals surface area contributed by atoms with Gasteiger partial charge in [0.25, 0.3) is 5.56 Å². The molecule has 8 heteroatoms. The zero-order chi connectivity index (χ0) is 14.5. The summed E-state index contributed by atoms with van der Waals surface area (Å²) in [5.41, 5.74) is 0.459. The molecule has 0 saturated carbocycles. The molecule has 1 heterocycles. The van der Waals surface area contributed by atoms with E-state index in [0.717, 1.165) is 6.42 Å². The van der Waals surface area contributed by atoms with Crippen molar-refractivity contribution in [3.8, 4) is 0 Å². The highest BCUT2D eigenvalue weighted by atomic mass is 35.5. The third-order valence-electron chi connectivity index (χ3n) is 3.12. The zero-order valence-electron chi connectivity index (χ0n) is 12.1. The lowest BCUT2D eigenvalue weighted by molar-refractivity contribution is -0.139. The predicted molar refractivity (Wildman–Crippen MR) is 90.0 cm³/mol. The van der Waals surface area contributed by atoms with Crippen LogP contribution < -0.4 is 10.9 Å². The van der Waals surface area contributed by atoms with E-state index in [1.807, 2.05) is 13.0 Å². The van der Waals surface area contributed by atoms with Gasteiger partial charge in [-0.1, -0.05) is 25.5 Å². The molecule has 0 amide bonds. The van der Waals surface area contributed by atoms with Gasteiger partial charge in [0.15, 0.2) is 0 Å². The van der Waals surface area contributed by atoms with Crippen molar-refractivity contribution in [3.05, 3.63) is 40.9 Å². The molecule has 0 radical (unpaired) electrons. The minimum Gasteiger partial charge on any atom is -0.480 e. The molecule has 0 spiro atoms. The molecule has 2 N–H and O–H groups in total. The SMILES string of the molecule is CCC[C@H](NCn1cnc2ccccc2c1=O)C(=O)O.Cl.Cl. The molecule has 0 unspecified atom stereocenters. The standard InChI is InChI=1S/C14H17N3O3.2ClH/c1-2-5-12(14(19)20)16-9-17-8-15-11-7-4-3-6-10(11)13(17)18;;/h3-4,6-8,12,16H,2,5,9H2,1H3,(H,19,20);2*1H/t12-;;/m0../s1. The molecule has 0 aliphatic carbocycles. The average Bonchev–Trinajstić information content (AvgIpc) is 2.45. The van der Waals surface area contributed by atoms with Gasteiger partial charge in [-0.05, 0) is 18.6 Å². The van der Waals surface area contributed by atoms with Crippen LogP contribution in [0.4, 0.5) is 0 Å². The minimum absolute atomic E-state index is 0. The molecular weight excluding hydrogens is 329 g/mol. The van der Waals surface area contributed by atoms with Crippen molar-refractivity contribution in [3.63, 3.8) is 0 Å². The number of hydrogen-bond acceptors (Lipinski definition) is 4. The smallest absolute Gasteiger partial charge is 0.320 e. The number of carboxylic acids is 1. The summed E-state index contributed by atoms with van der Waals surface area (Å²) in [4.78, 5) is 27.4. The van der Waals surface area contributed by atoms with Crippen molar-refractivity contribution < 1.29 is 9.90 Å². The van der Waals surface area contributed by atoms with Gasteiger partial charge < -0.3 is 5.11 Å². The topological polar surface area (TPSA) is 84.2 Å². The second-order valence-electron chi connectivity index (χ2n) is 4.58. The highest BCUT2D eigenvalue weighted by Crippen LogP contribution is 2.04. The van der Waals surface area contributed by atoms with Crippen LogP contribution in [-0.4, -0.2) is 26.7 Å². The molecule has 1 aromatic heterocycles. The maximum Gasteiger partial charge on any atom is 0.320 e. The molecule has 22 heavy (non-hydrogen) atoms. The Bertz CT molecular complexity index is 676. The van der Waals surface area contributed by atoms with Crippen molar-refractivity contribution in [1.29, 1.82) is 0 Å². The zero-order valence-corrected chi connectivity index (χ0v) is 13.7. The average molecular weight is 348 g/mol. The molecule has 0 aliphatic heterocycles. The lowest BCUT2D eigenvalue weighted by Gasteiger charge is -2.14. The Hall–Kier alpha value is -1.63. The van der Waals surface area contributed by atoms with E-state index in [-0.39, 0.29) is 37.0 Å². The number of aliphatic carboxylic acids is 1. The highest BCUT2D eigenvalue weighted by molar-refractivity contribution is 5.85. The van der Waals surface area contributed by atoms with Crippen LogP contribution in [0.25, 0.3) is 10.9 Å². The summed E-state index contributed by atoms with van der Waals surface area (Å²) in [6.45, 7) is 2.05. The number of rotatable bonds is 6. The lowest BCUT2D eigenvalue weighted by Crippen LogP contribution is -2.40. The molecular formula is C14H19Cl2N3O3. The van der Waals surface area contributed by atoms with E-state index >= 15 is 0 Å². The molecule has 122 valence electrons. The fourth-order valence-electron chi connectivity index (χ4n) is 2.03. The molecule has 0 bridgehead atoms. The molecule has 6 nitrogen and oxygen atoms in total. The van der Waals surface area contributed by atoms with Gasteiger partial charge in [-0.15, -0.1) is 24.8 Å². The Labute approximate surface area is 140 Å². The number of hydrogen-bond donors (Lipinski definition) is 2. The third-order valence-corrected chi connectivity index (χ3v) is 3.12. The van der Waals surface area contributed by atoms with Gasteiger partial charge in [0, 0.05) is 0 Å². The van der Waals surface area contributed by atoms with Crippen LogP contribution in [0.3, 0.4) is 0 Å². The Morgan fingerprint density at radius 2 is 2.05 bits per heavy atom. The second-order valence-corrected chi connectivity index (χ2v) is 4.58. The summed E-state index contributed by atoms with van der Waals surface area (Å²) < 4.78 is 1.38. The number of para-hydroxylation sites is 1. The van der Waals surface area contributed by atoms with Crippen LogP contribution in [0.15, 0.2) is 35.4 Å². The number of halogens is 2. The van der Waals surface area contributed by atoms with Crippen LogP contribution in [-0.2, 0) is 11.5 Å². The predicted octanol–water partition coefficient (Wildman–Crippen LogP) is 2.04. The molecule has 0 saturated heterocycles. The Kier molecular flexibility index (Phi) is 8.70. The number of aromatic nitrogens is 2. The van der Waals surface area contributed by atoms with E-state index in [1.165, 1.54) is 10.9 Å². The Morgan fingerprint density at radius 3 is 2.68 bits per heavy atom. The van der Waals surface area contributed by atoms with Crippen LogP contribution in [0, 0.1) is 0 Å². The van der Waals surface area contributed by atoms with Gasteiger partial charge in [-0.2, -0.15) is 0 Å². The Morgan fingerprint density at radius 1 is 1.36 bits per heavy atom. The molecule has 0 fully saturated rings. The quantitative estimate of drug-likeness (QED) is 0.835.